The Morgan fingerprint density at radius 3 is 2.80 bits per heavy atom. The van der Waals surface area contributed by atoms with Gasteiger partial charge in [-0.2, -0.15) is 0 Å². The van der Waals surface area contributed by atoms with Crippen LogP contribution in [0.3, 0.4) is 0 Å². The number of carbonyl (C=O) groups is 1. The third-order valence-electron chi connectivity index (χ3n) is 1.73. The smallest absolute Gasteiger partial charge is 0.341 e. The molecule has 1 aromatic carbocycles. The van der Waals surface area contributed by atoms with E-state index in [1.54, 1.807) is 6.07 Å². The molecule has 0 bridgehead atoms. The third-order valence-corrected chi connectivity index (χ3v) is 2.22. The second-order valence-corrected chi connectivity index (χ2v) is 4.57. The van der Waals surface area contributed by atoms with Crippen molar-refractivity contribution in [2.75, 3.05) is 6.61 Å². The van der Waals surface area contributed by atoms with E-state index in [2.05, 4.69) is 15.9 Å². The normalized spacial score (nSPS) is 10.4. The fourth-order valence-corrected chi connectivity index (χ4v) is 1.35. The van der Waals surface area contributed by atoms with Crippen molar-refractivity contribution in [1.82, 2.24) is 0 Å². The zero-order chi connectivity index (χ0) is 11.4. The molecule has 0 saturated carbocycles. The maximum absolute atomic E-state index is 11.5. The van der Waals surface area contributed by atoms with Crippen molar-refractivity contribution in [1.29, 1.82) is 0 Å². The van der Waals surface area contributed by atoms with Gasteiger partial charge in [0.15, 0.2) is 0 Å². The van der Waals surface area contributed by atoms with Crippen LogP contribution in [0.15, 0.2) is 22.7 Å². The average molecular weight is 273 g/mol. The zero-order valence-corrected chi connectivity index (χ0v) is 10.2. The van der Waals surface area contributed by atoms with Gasteiger partial charge in [0.05, 0.1) is 6.61 Å². The Balaban J connectivity index is 2.77. The van der Waals surface area contributed by atoms with Crippen molar-refractivity contribution in [3.63, 3.8) is 0 Å². The first-order chi connectivity index (χ1) is 7.00. The number of rotatable bonds is 3. The van der Waals surface area contributed by atoms with E-state index in [4.69, 9.17) is 4.74 Å². The van der Waals surface area contributed by atoms with Crippen LogP contribution in [0.2, 0.25) is 0 Å². The molecule has 0 aliphatic rings. The lowest BCUT2D eigenvalue weighted by Crippen LogP contribution is -2.10. The minimum Gasteiger partial charge on any atom is -0.507 e. The molecular formula is C11H13BrO3. The van der Waals surface area contributed by atoms with Crippen LogP contribution in [0, 0.1) is 5.92 Å². The number of halogens is 1. The van der Waals surface area contributed by atoms with Crippen LogP contribution in [-0.4, -0.2) is 17.7 Å². The molecule has 0 aliphatic heterocycles. The van der Waals surface area contributed by atoms with Crippen LogP contribution in [0.1, 0.15) is 24.2 Å². The maximum Gasteiger partial charge on any atom is 0.341 e. The topological polar surface area (TPSA) is 46.5 Å². The van der Waals surface area contributed by atoms with Crippen molar-refractivity contribution < 1.29 is 14.6 Å². The molecule has 0 saturated heterocycles. The second-order valence-electron chi connectivity index (χ2n) is 3.65. The highest BCUT2D eigenvalue weighted by molar-refractivity contribution is 9.10. The van der Waals surface area contributed by atoms with Crippen molar-refractivity contribution in [3.05, 3.63) is 28.2 Å². The molecule has 0 heterocycles. The van der Waals surface area contributed by atoms with E-state index in [9.17, 15) is 9.90 Å². The van der Waals surface area contributed by atoms with Gasteiger partial charge in [0.25, 0.3) is 0 Å². The number of carbonyl (C=O) groups excluding carboxylic acids is 1. The fourth-order valence-electron chi connectivity index (χ4n) is 0.992. The predicted molar refractivity (Wildman–Crippen MR) is 60.9 cm³/mol. The van der Waals surface area contributed by atoms with Gasteiger partial charge in [-0.05, 0) is 24.1 Å². The molecule has 0 aromatic heterocycles. The van der Waals surface area contributed by atoms with Gasteiger partial charge < -0.3 is 9.84 Å². The number of aromatic hydroxyl groups is 1. The highest BCUT2D eigenvalue weighted by Crippen LogP contribution is 2.22. The molecule has 0 radical (unpaired) electrons. The molecule has 0 atom stereocenters. The van der Waals surface area contributed by atoms with Gasteiger partial charge in [-0.25, -0.2) is 4.79 Å². The summed E-state index contributed by atoms with van der Waals surface area (Å²) in [6.07, 6.45) is 0. The first kappa shape index (κ1) is 12.0. The minimum atomic E-state index is -0.498. The maximum atomic E-state index is 11.5. The highest BCUT2D eigenvalue weighted by Gasteiger charge is 2.13. The van der Waals surface area contributed by atoms with E-state index in [0.29, 0.717) is 6.61 Å². The van der Waals surface area contributed by atoms with E-state index in [0.717, 1.165) is 4.47 Å². The summed E-state index contributed by atoms with van der Waals surface area (Å²) in [5, 5.41) is 9.45. The summed E-state index contributed by atoms with van der Waals surface area (Å²) in [5.41, 5.74) is 0.185. The first-order valence-corrected chi connectivity index (χ1v) is 5.45. The van der Waals surface area contributed by atoms with Crippen molar-refractivity contribution in [2.45, 2.75) is 13.8 Å². The van der Waals surface area contributed by atoms with E-state index in [-0.39, 0.29) is 17.2 Å². The number of esters is 1. The Bertz CT molecular complexity index is 361. The number of phenolic OH excluding ortho intramolecular Hbond substituents is 1. The lowest BCUT2D eigenvalue weighted by atomic mass is 10.2. The Labute approximate surface area is 97.2 Å². The molecule has 0 unspecified atom stereocenters. The van der Waals surface area contributed by atoms with Crippen LogP contribution < -0.4 is 0 Å². The summed E-state index contributed by atoms with van der Waals surface area (Å²) in [5.74, 6) is -0.280. The van der Waals surface area contributed by atoms with Crippen LogP contribution in [-0.2, 0) is 4.74 Å². The molecule has 1 rings (SSSR count). The summed E-state index contributed by atoms with van der Waals surface area (Å²) >= 11 is 3.23. The summed E-state index contributed by atoms with van der Waals surface area (Å²) in [4.78, 5) is 11.5. The van der Waals surface area contributed by atoms with Gasteiger partial charge in [-0.1, -0.05) is 29.8 Å². The van der Waals surface area contributed by atoms with Crippen LogP contribution in [0.5, 0.6) is 5.75 Å². The van der Waals surface area contributed by atoms with E-state index in [1.165, 1.54) is 12.1 Å². The largest absolute Gasteiger partial charge is 0.507 e. The number of ether oxygens (including phenoxy) is 1. The van der Waals surface area contributed by atoms with E-state index >= 15 is 0 Å². The summed E-state index contributed by atoms with van der Waals surface area (Å²) in [6.45, 7) is 4.26. The van der Waals surface area contributed by atoms with Gasteiger partial charge in [0, 0.05) is 4.47 Å². The highest BCUT2D eigenvalue weighted by atomic mass is 79.9. The summed E-state index contributed by atoms with van der Waals surface area (Å²) < 4.78 is 5.74. The Hall–Kier alpha value is -1.03. The first-order valence-electron chi connectivity index (χ1n) is 4.66. The molecule has 15 heavy (non-hydrogen) atoms. The molecule has 4 heteroatoms. The zero-order valence-electron chi connectivity index (χ0n) is 8.66. The number of benzene rings is 1. The van der Waals surface area contributed by atoms with E-state index in [1.807, 2.05) is 13.8 Å². The van der Waals surface area contributed by atoms with Gasteiger partial charge in [-0.15, -0.1) is 0 Å². The van der Waals surface area contributed by atoms with Crippen molar-refractivity contribution >= 4 is 21.9 Å². The molecule has 82 valence electrons. The number of hydrogen-bond acceptors (Lipinski definition) is 3. The van der Waals surface area contributed by atoms with E-state index < -0.39 is 5.97 Å². The van der Waals surface area contributed by atoms with Crippen LogP contribution in [0.4, 0.5) is 0 Å². The van der Waals surface area contributed by atoms with Crippen LogP contribution in [0.25, 0.3) is 0 Å². The van der Waals surface area contributed by atoms with Crippen molar-refractivity contribution in [3.8, 4) is 5.75 Å². The molecule has 0 amide bonds. The quantitative estimate of drug-likeness (QED) is 0.861. The SMILES string of the molecule is CC(C)COC(=O)c1cc(Br)ccc1O. The Morgan fingerprint density at radius 2 is 2.20 bits per heavy atom. The Morgan fingerprint density at radius 1 is 1.53 bits per heavy atom. The van der Waals surface area contributed by atoms with Gasteiger partial charge in [0.2, 0.25) is 0 Å². The van der Waals surface area contributed by atoms with Gasteiger partial charge in [-0.3, -0.25) is 0 Å². The number of phenols is 1. The predicted octanol–water partition coefficient (Wildman–Crippen LogP) is 2.97. The van der Waals surface area contributed by atoms with Gasteiger partial charge in [0.1, 0.15) is 11.3 Å². The van der Waals surface area contributed by atoms with Crippen LogP contribution >= 0.6 is 15.9 Å². The number of hydrogen-bond donors (Lipinski definition) is 1. The second kappa shape index (κ2) is 5.16. The molecule has 0 fully saturated rings. The summed E-state index contributed by atoms with van der Waals surface area (Å²) in [6, 6.07) is 4.66. The molecule has 1 aromatic rings. The van der Waals surface area contributed by atoms with Gasteiger partial charge >= 0.3 is 5.97 Å². The molecule has 3 nitrogen and oxygen atoms in total. The molecule has 0 spiro atoms. The lowest BCUT2D eigenvalue weighted by molar-refractivity contribution is 0.0455. The Kier molecular flexibility index (Phi) is 4.15. The molecule has 0 aliphatic carbocycles. The minimum absolute atomic E-state index is 0.0630. The third kappa shape index (κ3) is 3.55. The van der Waals surface area contributed by atoms with Crippen molar-refractivity contribution in [2.24, 2.45) is 5.92 Å². The lowest BCUT2D eigenvalue weighted by Gasteiger charge is -2.08. The molecular weight excluding hydrogens is 260 g/mol. The monoisotopic (exact) mass is 272 g/mol. The standard InChI is InChI=1S/C11H13BrO3/c1-7(2)6-15-11(14)9-5-8(12)3-4-10(9)13/h3-5,7,13H,6H2,1-2H3. The fraction of sp³-hybridized carbons (Fsp3) is 0.364. The average Bonchev–Trinajstić information content (AvgIpc) is 2.18. The molecule has 1 N–H and O–H groups in total. The summed E-state index contributed by atoms with van der Waals surface area (Å²) in [7, 11) is 0.